The zero-order valence-electron chi connectivity index (χ0n) is 13.3. The van der Waals surface area contributed by atoms with Gasteiger partial charge >= 0.3 is 0 Å². The third kappa shape index (κ3) is 4.83. The van der Waals surface area contributed by atoms with Crippen molar-refractivity contribution in [1.82, 2.24) is 0 Å². The Hall–Kier alpha value is 0.100. The molecule has 0 aromatic heterocycles. The second-order valence-electron chi connectivity index (χ2n) is 7.28. The predicted molar refractivity (Wildman–Crippen MR) is 89.1 cm³/mol. The summed E-state index contributed by atoms with van der Waals surface area (Å²) in [4.78, 5) is 0. The fourth-order valence-electron chi connectivity index (χ4n) is 4.49. The van der Waals surface area contributed by atoms with E-state index < -0.39 is 0 Å². The van der Waals surface area contributed by atoms with Gasteiger partial charge in [0.15, 0.2) is 0 Å². The molecule has 0 N–H and O–H groups in total. The Kier molecular flexibility index (Phi) is 7.56. The Morgan fingerprint density at radius 3 is 1.45 bits per heavy atom. The van der Waals surface area contributed by atoms with Gasteiger partial charge in [0, 0.05) is 5.16 Å². The van der Waals surface area contributed by atoms with Crippen molar-refractivity contribution in [3.05, 3.63) is 0 Å². The number of hydrogen-bond donors (Lipinski definition) is 0. The van der Waals surface area contributed by atoms with E-state index in [1.807, 2.05) is 0 Å². The maximum absolute atomic E-state index is 12.2. The summed E-state index contributed by atoms with van der Waals surface area (Å²) < 4.78 is 12.2. The Bertz CT molecular complexity index is 257. The van der Waals surface area contributed by atoms with Crippen LogP contribution in [0.15, 0.2) is 0 Å². The molecule has 2 aliphatic rings. The maximum Gasteiger partial charge on any atom is 0.0647 e. The second-order valence-corrected chi connectivity index (χ2v) is 8.48. The fraction of sp³-hybridized carbons (Fsp3) is 1.00. The lowest BCUT2D eigenvalue weighted by atomic mass is 9.78. The van der Waals surface area contributed by atoms with Gasteiger partial charge in [-0.3, -0.25) is 4.57 Å². The summed E-state index contributed by atoms with van der Waals surface area (Å²) in [7, 11) is -0.0601. The molecule has 2 rings (SSSR count). The molecule has 2 aliphatic carbocycles. The normalized spacial score (nSPS) is 27.6. The van der Waals surface area contributed by atoms with Crippen LogP contribution in [-0.2, 0) is 4.57 Å². The summed E-state index contributed by atoms with van der Waals surface area (Å²) in [5.74, 6) is 0.759. The predicted octanol–water partition coefficient (Wildman–Crippen LogP) is 6.63. The lowest BCUT2D eigenvalue weighted by molar-refractivity contribution is 0.274. The van der Waals surface area contributed by atoms with Crippen LogP contribution in [0.5, 0.6) is 0 Å². The van der Waals surface area contributed by atoms with Crippen LogP contribution in [0.4, 0.5) is 0 Å². The van der Waals surface area contributed by atoms with Crippen LogP contribution in [-0.4, -0.2) is 5.16 Å². The van der Waals surface area contributed by atoms with E-state index in [2.05, 4.69) is 0 Å². The molecule has 0 aromatic carbocycles. The molecule has 20 heavy (non-hydrogen) atoms. The van der Waals surface area contributed by atoms with E-state index in [1.54, 1.807) is 0 Å². The van der Waals surface area contributed by atoms with Crippen molar-refractivity contribution in [2.75, 3.05) is 0 Å². The second kappa shape index (κ2) is 9.19. The van der Waals surface area contributed by atoms with Crippen LogP contribution < -0.4 is 0 Å². The summed E-state index contributed by atoms with van der Waals surface area (Å²) in [5, 5.41) is 0.203. The average Bonchev–Trinajstić information content (AvgIpc) is 2.69. The Morgan fingerprint density at radius 2 is 1.00 bits per heavy atom. The molecule has 0 amide bonds. The first-order valence-corrected chi connectivity index (χ1v) is 10.2. The third-order valence-corrected chi connectivity index (χ3v) is 7.15. The first-order valence-electron chi connectivity index (χ1n) is 9.27. The van der Waals surface area contributed by atoms with Crippen LogP contribution in [0.3, 0.4) is 0 Å². The highest BCUT2D eigenvalue weighted by Gasteiger charge is 2.37. The molecule has 0 spiro atoms. The van der Waals surface area contributed by atoms with Crippen molar-refractivity contribution in [2.45, 2.75) is 108 Å². The molecule has 1 unspecified atom stereocenters. The van der Waals surface area contributed by atoms with E-state index in [9.17, 15) is 4.57 Å². The van der Waals surface area contributed by atoms with Gasteiger partial charge in [-0.05, 0) is 31.6 Å². The van der Waals surface area contributed by atoms with E-state index in [-0.39, 0.29) is 13.6 Å². The minimum Gasteiger partial charge on any atom is -0.290 e. The van der Waals surface area contributed by atoms with Crippen molar-refractivity contribution in [3.8, 4) is 0 Å². The van der Waals surface area contributed by atoms with E-state index in [0.29, 0.717) is 0 Å². The van der Waals surface area contributed by atoms with Crippen molar-refractivity contribution >= 4 is 8.46 Å². The molecule has 1 radical (unpaired) electrons. The van der Waals surface area contributed by atoms with Gasteiger partial charge in [-0.2, -0.15) is 0 Å². The van der Waals surface area contributed by atoms with E-state index >= 15 is 0 Å². The van der Waals surface area contributed by atoms with Crippen molar-refractivity contribution in [1.29, 1.82) is 0 Å². The topological polar surface area (TPSA) is 17.1 Å². The lowest BCUT2D eigenvalue weighted by Crippen LogP contribution is -2.32. The summed E-state index contributed by atoms with van der Waals surface area (Å²) >= 11 is 0. The van der Waals surface area contributed by atoms with E-state index in [0.717, 1.165) is 5.92 Å². The molecule has 0 aliphatic heterocycles. The largest absolute Gasteiger partial charge is 0.290 e. The van der Waals surface area contributed by atoms with E-state index in [1.165, 1.54) is 103 Å². The van der Waals surface area contributed by atoms with Crippen LogP contribution in [0.25, 0.3) is 0 Å². The van der Waals surface area contributed by atoms with Gasteiger partial charge in [-0.15, -0.1) is 0 Å². The third-order valence-electron chi connectivity index (χ3n) is 5.84. The molecule has 0 aromatic rings. The summed E-state index contributed by atoms with van der Waals surface area (Å²) in [6.45, 7) is 0. The minimum atomic E-state index is -0.0601. The monoisotopic (exact) mass is 297 g/mol. The molecule has 0 heterocycles. The van der Waals surface area contributed by atoms with Crippen LogP contribution >= 0.6 is 8.46 Å². The van der Waals surface area contributed by atoms with Gasteiger partial charge in [0.05, 0.1) is 8.46 Å². The maximum atomic E-state index is 12.2. The van der Waals surface area contributed by atoms with Gasteiger partial charge in [0.1, 0.15) is 0 Å². The number of rotatable bonds is 2. The van der Waals surface area contributed by atoms with Crippen LogP contribution in [0.2, 0.25) is 0 Å². The highest BCUT2D eigenvalue weighted by atomic mass is 31.1. The molecule has 1 nitrogen and oxygen atoms in total. The molecule has 2 saturated carbocycles. The van der Waals surface area contributed by atoms with Gasteiger partial charge in [0.25, 0.3) is 0 Å². The molecular weight excluding hydrogens is 263 g/mol. The van der Waals surface area contributed by atoms with Crippen LogP contribution in [0, 0.1) is 5.92 Å². The Balaban J connectivity index is 2.05. The SMILES string of the molecule is O=[PH]C1(C2CCCCCCCC2)CCCCCCCC1. The first kappa shape index (κ1) is 16.5. The average molecular weight is 297 g/mol. The minimum absolute atomic E-state index is 0.0601. The Morgan fingerprint density at radius 1 is 0.600 bits per heavy atom. The highest BCUT2D eigenvalue weighted by Crippen LogP contribution is 2.47. The van der Waals surface area contributed by atoms with Crippen molar-refractivity contribution in [2.24, 2.45) is 5.92 Å². The zero-order valence-corrected chi connectivity index (χ0v) is 14.3. The summed E-state index contributed by atoms with van der Waals surface area (Å²) in [6, 6.07) is 0. The van der Waals surface area contributed by atoms with Gasteiger partial charge in [0.2, 0.25) is 0 Å². The molecule has 0 saturated heterocycles. The Labute approximate surface area is 127 Å². The van der Waals surface area contributed by atoms with Gasteiger partial charge in [-0.1, -0.05) is 77.0 Å². The molecule has 1 atom stereocenters. The molecule has 0 bridgehead atoms. The molecular formula is C18H34OP. The smallest absolute Gasteiger partial charge is 0.0647 e. The highest BCUT2D eigenvalue weighted by molar-refractivity contribution is 7.26. The molecule has 2 fully saturated rings. The standard InChI is InChI=1S/C18H34OP/c19-20-18(15-11-7-3-4-8-12-16-18)17-13-9-5-1-2-6-10-14-17/h17,20H,1-16H2. The quantitative estimate of drug-likeness (QED) is 0.522. The fourth-order valence-corrected chi connectivity index (χ4v) is 5.51. The van der Waals surface area contributed by atoms with Gasteiger partial charge < -0.3 is 0 Å². The van der Waals surface area contributed by atoms with Gasteiger partial charge in [-0.25, -0.2) is 0 Å². The summed E-state index contributed by atoms with van der Waals surface area (Å²) in [5.41, 5.74) is 0. The lowest BCUT2D eigenvalue weighted by Gasteiger charge is -2.37. The summed E-state index contributed by atoms with van der Waals surface area (Å²) in [6.07, 6.45) is 21.9. The van der Waals surface area contributed by atoms with Crippen LogP contribution in [0.1, 0.15) is 103 Å². The zero-order chi connectivity index (χ0) is 14.1. The van der Waals surface area contributed by atoms with E-state index in [4.69, 9.17) is 0 Å². The molecule has 117 valence electrons. The van der Waals surface area contributed by atoms with Crippen molar-refractivity contribution in [3.63, 3.8) is 0 Å². The first-order chi connectivity index (χ1) is 9.87. The number of hydrogen-bond acceptors (Lipinski definition) is 1. The van der Waals surface area contributed by atoms with Crippen molar-refractivity contribution < 1.29 is 4.57 Å². The molecule has 2 heteroatoms.